The molecule has 0 aromatic carbocycles. The standard InChI is InChI=1S/C15H26N4O.HI/c1-6-19(7-2)14(16)18-11-12-8-9-13(17-10-12)20-15(3,4)5;/h8-10H,6-7,11H2,1-5H3,(H2,16,18);1H. The Hall–Kier alpha value is -1.05. The molecule has 0 aliphatic carbocycles. The molecular weight excluding hydrogens is 379 g/mol. The van der Waals surface area contributed by atoms with Crippen molar-refractivity contribution in [3.8, 4) is 5.88 Å². The monoisotopic (exact) mass is 406 g/mol. The molecule has 2 N–H and O–H groups in total. The van der Waals surface area contributed by atoms with E-state index >= 15 is 0 Å². The summed E-state index contributed by atoms with van der Waals surface area (Å²) in [4.78, 5) is 10.7. The summed E-state index contributed by atoms with van der Waals surface area (Å²) >= 11 is 0. The van der Waals surface area contributed by atoms with Gasteiger partial charge in [0.15, 0.2) is 5.96 Å². The van der Waals surface area contributed by atoms with Gasteiger partial charge >= 0.3 is 0 Å². The third-order valence-corrected chi connectivity index (χ3v) is 2.72. The van der Waals surface area contributed by atoms with E-state index in [-0.39, 0.29) is 29.6 Å². The van der Waals surface area contributed by atoms with Gasteiger partial charge in [0.1, 0.15) is 5.60 Å². The summed E-state index contributed by atoms with van der Waals surface area (Å²) < 4.78 is 5.68. The van der Waals surface area contributed by atoms with E-state index in [9.17, 15) is 0 Å². The number of halogens is 1. The van der Waals surface area contributed by atoms with Crippen molar-refractivity contribution in [1.82, 2.24) is 9.88 Å². The quantitative estimate of drug-likeness (QED) is 0.464. The number of aliphatic imine (C=N–C) groups is 1. The van der Waals surface area contributed by atoms with Crippen LogP contribution in [0.5, 0.6) is 5.88 Å². The minimum Gasteiger partial charge on any atom is -0.472 e. The van der Waals surface area contributed by atoms with Crippen molar-refractivity contribution < 1.29 is 4.74 Å². The molecule has 0 amide bonds. The summed E-state index contributed by atoms with van der Waals surface area (Å²) in [5.74, 6) is 1.20. The fourth-order valence-corrected chi connectivity index (χ4v) is 1.70. The highest BCUT2D eigenvalue weighted by Gasteiger charge is 2.12. The van der Waals surface area contributed by atoms with Gasteiger partial charge in [0, 0.05) is 25.4 Å². The van der Waals surface area contributed by atoms with E-state index in [1.807, 2.05) is 37.8 Å². The zero-order valence-corrected chi connectivity index (χ0v) is 15.9. The molecule has 0 radical (unpaired) electrons. The van der Waals surface area contributed by atoms with Crippen molar-refractivity contribution in [2.45, 2.75) is 46.8 Å². The zero-order chi connectivity index (χ0) is 15.2. The predicted octanol–water partition coefficient (Wildman–Crippen LogP) is 3.03. The molecule has 6 heteroatoms. The van der Waals surface area contributed by atoms with E-state index in [2.05, 4.69) is 23.8 Å². The molecule has 0 aliphatic heterocycles. The fraction of sp³-hybridized carbons (Fsp3) is 0.600. The highest BCUT2D eigenvalue weighted by molar-refractivity contribution is 14.0. The van der Waals surface area contributed by atoms with Gasteiger partial charge in [-0.15, -0.1) is 24.0 Å². The number of nitrogens with zero attached hydrogens (tertiary/aromatic N) is 3. The van der Waals surface area contributed by atoms with Gasteiger partial charge in [-0.25, -0.2) is 9.98 Å². The summed E-state index contributed by atoms with van der Waals surface area (Å²) in [5, 5.41) is 0. The van der Waals surface area contributed by atoms with Crippen LogP contribution in [0.3, 0.4) is 0 Å². The molecule has 21 heavy (non-hydrogen) atoms. The molecule has 0 saturated carbocycles. The number of guanidine groups is 1. The van der Waals surface area contributed by atoms with E-state index in [1.165, 1.54) is 0 Å². The number of hydrogen-bond acceptors (Lipinski definition) is 3. The first-order valence-electron chi connectivity index (χ1n) is 7.04. The largest absolute Gasteiger partial charge is 0.472 e. The smallest absolute Gasteiger partial charge is 0.213 e. The first-order valence-corrected chi connectivity index (χ1v) is 7.04. The zero-order valence-electron chi connectivity index (χ0n) is 13.6. The lowest BCUT2D eigenvalue weighted by atomic mass is 10.2. The molecule has 1 rings (SSSR count). The van der Waals surface area contributed by atoms with Crippen LogP contribution in [0, 0.1) is 0 Å². The number of aromatic nitrogens is 1. The van der Waals surface area contributed by atoms with Crippen LogP contribution in [0.1, 0.15) is 40.2 Å². The molecule has 0 unspecified atom stereocenters. The highest BCUT2D eigenvalue weighted by atomic mass is 127. The van der Waals surface area contributed by atoms with Crippen LogP contribution in [0.2, 0.25) is 0 Å². The molecule has 0 saturated heterocycles. The van der Waals surface area contributed by atoms with Crippen LogP contribution in [0.15, 0.2) is 23.3 Å². The van der Waals surface area contributed by atoms with E-state index in [0.29, 0.717) is 18.4 Å². The van der Waals surface area contributed by atoms with Crippen LogP contribution in [-0.2, 0) is 6.54 Å². The normalized spacial score (nSPS) is 11.8. The van der Waals surface area contributed by atoms with Crippen molar-refractivity contribution in [3.63, 3.8) is 0 Å². The Morgan fingerprint density at radius 2 is 1.90 bits per heavy atom. The Labute approximate surface area is 145 Å². The fourth-order valence-electron chi connectivity index (χ4n) is 1.70. The van der Waals surface area contributed by atoms with E-state index < -0.39 is 0 Å². The lowest BCUT2D eigenvalue weighted by Gasteiger charge is -2.20. The summed E-state index contributed by atoms with van der Waals surface area (Å²) in [6.45, 7) is 12.4. The number of hydrogen-bond donors (Lipinski definition) is 1. The van der Waals surface area contributed by atoms with Gasteiger partial charge in [0.05, 0.1) is 6.54 Å². The van der Waals surface area contributed by atoms with Crippen molar-refractivity contribution in [2.24, 2.45) is 10.7 Å². The molecule has 1 heterocycles. The maximum Gasteiger partial charge on any atom is 0.213 e. The molecule has 120 valence electrons. The van der Waals surface area contributed by atoms with Crippen LogP contribution in [0.25, 0.3) is 0 Å². The average Bonchev–Trinajstić information content (AvgIpc) is 2.37. The minimum atomic E-state index is -0.236. The lowest BCUT2D eigenvalue weighted by molar-refractivity contribution is 0.124. The van der Waals surface area contributed by atoms with Crippen LogP contribution in [0.4, 0.5) is 0 Å². The maximum absolute atomic E-state index is 5.93. The summed E-state index contributed by atoms with van der Waals surface area (Å²) in [6.07, 6.45) is 1.78. The Bertz CT molecular complexity index is 436. The molecule has 0 aliphatic rings. The number of nitrogens with two attached hydrogens (primary N) is 1. The molecular formula is C15H27IN4O. The number of pyridine rings is 1. The molecule has 1 aromatic rings. The van der Waals surface area contributed by atoms with Crippen LogP contribution >= 0.6 is 24.0 Å². The van der Waals surface area contributed by atoms with Gasteiger partial charge in [-0.05, 0) is 40.2 Å². The van der Waals surface area contributed by atoms with E-state index in [4.69, 9.17) is 10.5 Å². The Kier molecular flexibility index (Phi) is 8.61. The summed E-state index contributed by atoms with van der Waals surface area (Å²) in [5.41, 5.74) is 6.71. The second kappa shape index (κ2) is 9.07. The van der Waals surface area contributed by atoms with Crippen molar-refractivity contribution in [1.29, 1.82) is 0 Å². The van der Waals surface area contributed by atoms with Crippen molar-refractivity contribution in [3.05, 3.63) is 23.9 Å². The van der Waals surface area contributed by atoms with E-state index in [0.717, 1.165) is 18.7 Å². The Balaban J connectivity index is 0.00000400. The summed E-state index contributed by atoms with van der Waals surface area (Å²) in [7, 11) is 0. The second-order valence-electron chi connectivity index (χ2n) is 5.57. The highest BCUT2D eigenvalue weighted by Crippen LogP contribution is 2.15. The van der Waals surface area contributed by atoms with Crippen molar-refractivity contribution in [2.75, 3.05) is 13.1 Å². The van der Waals surface area contributed by atoms with Crippen molar-refractivity contribution >= 4 is 29.9 Å². The van der Waals surface area contributed by atoms with Gasteiger partial charge in [0.2, 0.25) is 5.88 Å². The SMILES string of the molecule is CCN(CC)C(N)=NCc1ccc(OC(C)(C)C)nc1.I. The molecule has 0 spiro atoms. The number of ether oxygens (including phenoxy) is 1. The first-order chi connectivity index (χ1) is 9.35. The average molecular weight is 406 g/mol. The third kappa shape index (κ3) is 7.50. The third-order valence-electron chi connectivity index (χ3n) is 2.72. The lowest BCUT2D eigenvalue weighted by Crippen LogP contribution is -2.37. The predicted molar refractivity (Wildman–Crippen MR) is 98.3 cm³/mol. The Morgan fingerprint density at radius 3 is 2.33 bits per heavy atom. The van der Waals surface area contributed by atoms with Gasteiger partial charge in [-0.3, -0.25) is 0 Å². The minimum absolute atomic E-state index is 0. The summed E-state index contributed by atoms with van der Waals surface area (Å²) in [6, 6.07) is 3.83. The van der Waals surface area contributed by atoms with Crippen LogP contribution < -0.4 is 10.5 Å². The van der Waals surface area contributed by atoms with Gasteiger partial charge in [0.25, 0.3) is 0 Å². The molecule has 1 aromatic heterocycles. The van der Waals surface area contributed by atoms with Gasteiger partial charge in [-0.2, -0.15) is 0 Å². The van der Waals surface area contributed by atoms with Gasteiger partial charge in [-0.1, -0.05) is 6.07 Å². The molecule has 0 bridgehead atoms. The maximum atomic E-state index is 5.93. The second-order valence-corrected chi connectivity index (χ2v) is 5.57. The van der Waals surface area contributed by atoms with E-state index in [1.54, 1.807) is 6.20 Å². The Morgan fingerprint density at radius 1 is 1.29 bits per heavy atom. The molecule has 0 fully saturated rings. The number of rotatable bonds is 5. The topological polar surface area (TPSA) is 63.7 Å². The molecule has 5 nitrogen and oxygen atoms in total. The van der Waals surface area contributed by atoms with Crippen LogP contribution in [-0.4, -0.2) is 34.5 Å². The van der Waals surface area contributed by atoms with Gasteiger partial charge < -0.3 is 15.4 Å². The first kappa shape index (κ1) is 19.9. The molecule has 0 atom stereocenters.